The van der Waals surface area contributed by atoms with Gasteiger partial charge in [0.05, 0.1) is 25.2 Å². The van der Waals surface area contributed by atoms with E-state index in [0.29, 0.717) is 21.7 Å². The van der Waals surface area contributed by atoms with Crippen LogP contribution in [0, 0.1) is 6.92 Å². The summed E-state index contributed by atoms with van der Waals surface area (Å²) in [5.41, 5.74) is 4.30. The number of rotatable bonds is 5. The van der Waals surface area contributed by atoms with E-state index in [4.69, 9.17) is 9.47 Å². The average molecular weight is 421 g/mol. The highest BCUT2D eigenvalue weighted by molar-refractivity contribution is 7.19. The number of ether oxygens (including phenoxy) is 2. The highest BCUT2D eigenvalue weighted by Crippen LogP contribution is 2.35. The van der Waals surface area contributed by atoms with Crippen LogP contribution >= 0.6 is 11.3 Å². The summed E-state index contributed by atoms with van der Waals surface area (Å²) in [5.74, 6) is 0.404. The SMILES string of the molecule is COc1ccc(C(=O)Nn2cnc3sc(C)c(-c4ccccc4)c3c2=O)c(OC)c1. The smallest absolute Gasteiger partial charge is 0.281 e. The molecule has 7 nitrogen and oxygen atoms in total. The predicted octanol–water partition coefficient (Wildman–Crippen LogP) is 3.83. The molecule has 0 spiro atoms. The molecule has 2 aromatic carbocycles. The topological polar surface area (TPSA) is 82.5 Å². The number of amides is 1. The maximum atomic E-state index is 13.2. The number of hydrogen-bond donors (Lipinski definition) is 1. The molecule has 0 aliphatic heterocycles. The zero-order valence-electron chi connectivity index (χ0n) is 16.6. The van der Waals surface area contributed by atoms with Crippen LogP contribution in [0.3, 0.4) is 0 Å². The maximum Gasteiger partial charge on any atom is 0.281 e. The quantitative estimate of drug-likeness (QED) is 0.530. The molecule has 0 aliphatic rings. The molecule has 0 radical (unpaired) electrons. The van der Waals surface area contributed by atoms with Crippen molar-refractivity contribution in [2.45, 2.75) is 6.92 Å². The number of methoxy groups -OCH3 is 2. The number of benzene rings is 2. The molecular formula is C22H19N3O4S. The Morgan fingerprint density at radius 3 is 2.57 bits per heavy atom. The molecule has 1 N–H and O–H groups in total. The Bertz CT molecular complexity index is 1300. The van der Waals surface area contributed by atoms with E-state index < -0.39 is 5.91 Å². The van der Waals surface area contributed by atoms with Gasteiger partial charge in [-0.05, 0) is 24.6 Å². The lowest BCUT2D eigenvalue weighted by Crippen LogP contribution is -2.33. The van der Waals surface area contributed by atoms with E-state index in [-0.39, 0.29) is 11.1 Å². The van der Waals surface area contributed by atoms with Crippen molar-refractivity contribution in [1.82, 2.24) is 9.66 Å². The van der Waals surface area contributed by atoms with Gasteiger partial charge in [-0.2, -0.15) is 0 Å². The van der Waals surface area contributed by atoms with Crippen molar-refractivity contribution in [3.05, 3.63) is 75.7 Å². The van der Waals surface area contributed by atoms with Gasteiger partial charge in [0.15, 0.2) is 0 Å². The second kappa shape index (κ2) is 8.00. The van der Waals surface area contributed by atoms with Crippen LogP contribution in [0.15, 0.2) is 59.7 Å². The van der Waals surface area contributed by atoms with Gasteiger partial charge in [-0.25, -0.2) is 9.66 Å². The standard InChI is InChI=1S/C22H19N3O4S/c1-13-18(14-7-5-4-6-8-14)19-21(30-13)23-12-25(22(19)27)24-20(26)16-10-9-15(28-2)11-17(16)29-3/h4-12H,1-3H3,(H,24,26). The number of carbonyl (C=O) groups is 1. The minimum atomic E-state index is -0.494. The first-order chi connectivity index (χ1) is 14.5. The predicted molar refractivity (Wildman–Crippen MR) is 117 cm³/mol. The lowest BCUT2D eigenvalue weighted by Gasteiger charge is -2.12. The highest BCUT2D eigenvalue weighted by atomic mass is 32.1. The third-order valence-electron chi connectivity index (χ3n) is 4.73. The monoisotopic (exact) mass is 421 g/mol. The number of thiophene rings is 1. The van der Waals surface area contributed by atoms with Gasteiger partial charge in [-0.3, -0.25) is 15.0 Å². The third-order valence-corrected chi connectivity index (χ3v) is 5.74. The van der Waals surface area contributed by atoms with E-state index in [1.54, 1.807) is 18.2 Å². The zero-order chi connectivity index (χ0) is 21.3. The first-order valence-corrected chi connectivity index (χ1v) is 9.94. The van der Waals surface area contributed by atoms with E-state index in [1.165, 1.54) is 31.9 Å². The van der Waals surface area contributed by atoms with E-state index in [1.807, 2.05) is 37.3 Å². The summed E-state index contributed by atoms with van der Waals surface area (Å²) < 4.78 is 11.5. The fourth-order valence-electron chi connectivity index (χ4n) is 3.29. The summed E-state index contributed by atoms with van der Waals surface area (Å²) in [5, 5.41) is 0.480. The van der Waals surface area contributed by atoms with Crippen LogP contribution in [0.25, 0.3) is 21.3 Å². The van der Waals surface area contributed by atoms with Crippen molar-refractivity contribution in [3.8, 4) is 22.6 Å². The Balaban J connectivity index is 1.77. The molecule has 8 heteroatoms. The summed E-state index contributed by atoms with van der Waals surface area (Å²) in [6, 6.07) is 14.5. The van der Waals surface area contributed by atoms with Crippen LogP contribution < -0.4 is 20.5 Å². The van der Waals surface area contributed by atoms with Gasteiger partial charge >= 0.3 is 0 Å². The molecule has 2 heterocycles. The van der Waals surface area contributed by atoms with Crippen molar-refractivity contribution in [2.24, 2.45) is 0 Å². The largest absolute Gasteiger partial charge is 0.497 e. The van der Waals surface area contributed by atoms with Crippen molar-refractivity contribution < 1.29 is 14.3 Å². The van der Waals surface area contributed by atoms with Crippen LogP contribution in [0.2, 0.25) is 0 Å². The van der Waals surface area contributed by atoms with Crippen molar-refractivity contribution in [2.75, 3.05) is 19.6 Å². The molecule has 4 rings (SSSR count). The molecule has 0 unspecified atom stereocenters. The molecule has 0 atom stereocenters. The molecular weight excluding hydrogens is 402 g/mol. The Morgan fingerprint density at radius 2 is 1.87 bits per heavy atom. The Labute approximate surface area is 176 Å². The van der Waals surface area contributed by atoms with Crippen molar-refractivity contribution in [3.63, 3.8) is 0 Å². The van der Waals surface area contributed by atoms with Crippen LogP contribution in [0.1, 0.15) is 15.2 Å². The second-order valence-electron chi connectivity index (χ2n) is 6.51. The minimum Gasteiger partial charge on any atom is -0.497 e. The summed E-state index contributed by atoms with van der Waals surface area (Å²) in [6.45, 7) is 1.96. The first-order valence-electron chi connectivity index (χ1n) is 9.13. The van der Waals surface area contributed by atoms with Crippen LogP contribution in [-0.4, -0.2) is 29.8 Å². The molecule has 0 fully saturated rings. The zero-order valence-corrected chi connectivity index (χ0v) is 17.4. The number of aryl methyl sites for hydroxylation is 1. The molecule has 0 saturated heterocycles. The summed E-state index contributed by atoms with van der Waals surface area (Å²) >= 11 is 1.45. The van der Waals surface area contributed by atoms with E-state index >= 15 is 0 Å². The molecule has 152 valence electrons. The third kappa shape index (κ3) is 3.42. The van der Waals surface area contributed by atoms with Gasteiger partial charge in [-0.15, -0.1) is 11.3 Å². The van der Waals surface area contributed by atoms with E-state index in [9.17, 15) is 9.59 Å². The summed E-state index contributed by atoms with van der Waals surface area (Å²) in [4.78, 5) is 32.0. The highest BCUT2D eigenvalue weighted by Gasteiger charge is 2.19. The van der Waals surface area contributed by atoms with Gasteiger partial charge in [0, 0.05) is 16.5 Å². The molecule has 0 aliphatic carbocycles. The number of hydrogen-bond acceptors (Lipinski definition) is 6. The second-order valence-corrected chi connectivity index (χ2v) is 7.71. The molecule has 0 saturated carbocycles. The number of nitrogens with one attached hydrogen (secondary N) is 1. The average Bonchev–Trinajstić information content (AvgIpc) is 3.12. The lowest BCUT2D eigenvalue weighted by atomic mass is 10.0. The number of nitrogens with zero attached hydrogens (tertiary/aromatic N) is 2. The number of fused-ring (bicyclic) bond motifs is 1. The van der Waals surface area contributed by atoms with Crippen molar-refractivity contribution in [1.29, 1.82) is 0 Å². The van der Waals surface area contributed by atoms with Gasteiger partial charge in [0.25, 0.3) is 11.5 Å². The van der Waals surface area contributed by atoms with E-state index in [0.717, 1.165) is 20.7 Å². The maximum absolute atomic E-state index is 13.2. The summed E-state index contributed by atoms with van der Waals surface area (Å²) in [6.07, 6.45) is 1.32. The van der Waals surface area contributed by atoms with Crippen LogP contribution in [0.5, 0.6) is 11.5 Å². The fourth-order valence-corrected chi connectivity index (χ4v) is 4.29. The Morgan fingerprint density at radius 1 is 1.10 bits per heavy atom. The van der Waals surface area contributed by atoms with Gasteiger partial charge in [0.2, 0.25) is 0 Å². The van der Waals surface area contributed by atoms with Gasteiger partial charge in [-0.1, -0.05) is 30.3 Å². The minimum absolute atomic E-state index is 0.273. The van der Waals surface area contributed by atoms with Gasteiger partial charge < -0.3 is 9.47 Å². The number of carbonyl (C=O) groups excluding carboxylic acids is 1. The molecule has 4 aromatic rings. The lowest BCUT2D eigenvalue weighted by molar-refractivity contribution is 0.100. The van der Waals surface area contributed by atoms with Crippen LogP contribution in [-0.2, 0) is 0 Å². The normalized spacial score (nSPS) is 10.8. The first kappa shape index (κ1) is 19.7. The van der Waals surface area contributed by atoms with Crippen molar-refractivity contribution >= 4 is 27.5 Å². The Hall–Kier alpha value is -3.65. The van der Waals surface area contributed by atoms with Gasteiger partial charge in [0.1, 0.15) is 22.7 Å². The van der Waals surface area contributed by atoms with E-state index in [2.05, 4.69) is 10.4 Å². The molecule has 0 bridgehead atoms. The molecule has 1 amide bonds. The van der Waals surface area contributed by atoms with Crippen LogP contribution in [0.4, 0.5) is 0 Å². The number of aromatic nitrogens is 2. The molecule has 30 heavy (non-hydrogen) atoms. The molecule has 2 aromatic heterocycles. The Kier molecular flexibility index (Phi) is 5.24. The summed E-state index contributed by atoms with van der Waals surface area (Å²) in [7, 11) is 2.99. The fraction of sp³-hybridized carbons (Fsp3) is 0.136.